The Morgan fingerprint density at radius 3 is 2.59 bits per heavy atom. The molecule has 2 atom stereocenters. The van der Waals surface area contributed by atoms with E-state index >= 15 is 0 Å². The first kappa shape index (κ1) is 21.2. The first-order chi connectivity index (χ1) is 12.7. The van der Waals surface area contributed by atoms with Gasteiger partial charge in [-0.1, -0.05) is 13.0 Å². The SMILES string of the molecule is CC[C@@H](C)N(C(=O)COC(=O)c1ccc(C)c(OC)c1)[C@H]1CCS(=O)(=O)C1. The fraction of sp³-hybridized carbons (Fsp3) is 0.579. The fourth-order valence-electron chi connectivity index (χ4n) is 3.23. The second-order valence-corrected chi connectivity index (χ2v) is 9.10. The zero-order valence-corrected chi connectivity index (χ0v) is 17.0. The van der Waals surface area contributed by atoms with Gasteiger partial charge in [-0.2, -0.15) is 0 Å². The molecule has 7 nitrogen and oxygen atoms in total. The molecule has 1 fully saturated rings. The van der Waals surface area contributed by atoms with Crippen LogP contribution in [-0.2, 0) is 19.4 Å². The summed E-state index contributed by atoms with van der Waals surface area (Å²) >= 11 is 0. The number of sulfone groups is 1. The lowest BCUT2D eigenvalue weighted by Crippen LogP contribution is -2.48. The van der Waals surface area contributed by atoms with Gasteiger partial charge in [0.1, 0.15) is 5.75 Å². The third kappa shape index (κ3) is 5.22. The van der Waals surface area contributed by atoms with Crippen molar-refractivity contribution in [2.45, 2.75) is 45.7 Å². The number of aryl methyl sites for hydroxylation is 1. The molecule has 0 aliphatic carbocycles. The summed E-state index contributed by atoms with van der Waals surface area (Å²) in [6.45, 7) is 5.24. The molecule has 0 unspecified atom stereocenters. The molecule has 27 heavy (non-hydrogen) atoms. The van der Waals surface area contributed by atoms with Crippen LogP contribution in [-0.4, -0.2) is 62.5 Å². The van der Waals surface area contributed by atoms with Crippen molar-refractivity contribution < 1.29 is 27.5 Å². The predicted octanol–water partition coefficient (Wildman–Crippen LogP) is 1.97. The Morgan fingerprint density at radius 1 is 1.33 bits per heavy atom. The first-order valence-corrected chi connectivity index (χ1v) is 10.8. The van der Waals surface area contributed by atoms with E-state index in [1.165, 1.54) is 7.11 Å². The molecule has 0 bridgehead atoms. The molecule has 1 aliphatic rings. The van der Waals surface area contributed by atoms with Crippen molar-refractivity contribution in [2.24, 2.45) is 0 Å². The smallest absolute Gasteiger partial charge is 0.338 e. The lowest BCUT2D eigenvalue weighted by Gasteiger charge is -2.33. The maximum absolute atomic E-state index is 12.7. The number of rotatable bonds is 7. The van der Waals surface area contributed by atoms with Crippen LogP contribution in [0.4, 0.5) is 0 Å². The number of ether oxygens (including phenoxy) is 2. The minimum Gasteiger partial charge on any atom is -0.496 e. The topological polar surface area (TPSA) is 90.0 Å². The second-order valence-electron chi connectivity index (χ2n) is 6.88. The molecule has 1 heterocycles. The van der Waals surface area contributed by atoms with E-state index in [4.69, 9.17) is 9.47 Å². The van der Waals surface area contributed by atoms with Gasteiger partial charge in [-0.25, -0.2) is 13.2 Å². The van der Waals surface area contributed by atoms with Crippen molar-refractivity contribution in [2.75, 3.05) is 25.2 Å². The van der Waals surface area contributed by atoms with E-state index in [1.807, 2.05) is 20.8 Å². The molecular weight excluding hydrogens is 370 g/mol. The average Bonchev–Trinajstić information content (AvgIpc) is 2.99. The molecule has 1 aromatic rings. The fourth-order valence-corrected chi connectivity index (χ4v) is 4.94. The van der Waals surface area contributed by atoms with Gasteiger partial charge in [0, 0.05) is 12.1 Å². The average molecular weight is 397 g/mol. The number of hydrogen-bond acceptors (Lipinski definition) is 6. The number of amides is 1. The molecule has 0 radical (unpaired) electrons. The van der Waals surface area contributed by atoms with Crippen LogP contribution in [0.5, 0.6) is 5.75 Å². The molecule has 0 saturated carbocycles. The van der Waals surface area contributed by atoms with Crippen LogP contribution in [0.1, 0.15) is 42.6 Å². The van der Waals surface area contributed by atoms with E-state index in [9.17, 15) is 18.0 Å². The van der Waals surface area contributed by atoms with Crippen molar-refractivity contribution >= 4 is 21.7 Å². The highest BCUT2D eigenvalue weighted by atomic mass is 32.2. The highest BCUT2D eigenvalue weighted by molar-refractivity contribution is 7.91. The van der Waals surface area contributed by atoms with E-state index in [2.05, 4.69) is 0 Å². The van der Waals surface area contributed by atoms with E-state index < -0.39 is 22.4 Å². The van der Waals surface area contributed by atoms with Gasteiger partial charge in [-0.3, -0.25) is 4.79 Å². The molecule has 0 spiro atoms. The maximum Gasteiger partial charge on any atom is 0.338 e. The Hall–Kier alpha value is -2.09. The summed E-state index contributed by atoms with van der Waals surface area (Å²) < 4.78 is 33.9. The van der Waals surface area contributed by atoms with Crippen LogP contribution < -0.4 is 4.74 Å². The van der Waals surface area contributed by atoms with Gasteiger partial charge >= 0.3 is 5.97 Å². The summed E-state index contributed by atoms with van der Waals surface area (Å²) in [7, 11) is -1.60. The highest BCUT2D eigenvalue weighted by Gasteiger charge is 2.36. The molecule has 0 N–H and O–H groups in total. The number of carbonyl (C=O) groups is 2. The number of methoxy groups -OCH3 is 1. The summed E-state index contributed by atoms with van der Waals surface area (Å²) in [4.78, 5) is 26.5. The van der Waals surface area contributed by atoms with Gasteiger partial charge in [-0.05, 0) is 44.4 Å². The summed E-state index contributed by atoms with van der Waals surface area (Å²) in [6, 6.07) is 4.43. The Labute approximate surface area is 160 Å². The molecule has 0 aromatic heterocycles. The standard InChI is InChI=1S/C19H27NO6S/c1-5-14(3)20(16-8-9-27(23,24)12-16)18(21)11-26-19(22)15-7-6-13(2)17(10-15)25-4/h6-7,10,14,16H,5,8-9,11-12H2,1-4H3/t14-,16+/m1/s1. The molecular formula is C19H27NO6S. The van der Waals surface area contributed by atoms with Gasteiger partial charge in [0.25, 0.3) is 5.91 Å². The monoisotopic (exact) mass is 397 g/mol. The van der Waals surface area contributed by atoms with Gasteiger partial charge < -0.3 is 14.4 Å². The van der Waals surface area contributed by atoms with Gasteiger partial charge in [0.05, 0.1) is 24.2 Å². The van der Waals surface area contributed by atoms with Crippen LogP contribution >= 0.6 is 0 Å². The minimum absolute atomic E-state index is 0.0355. The van der Waals surface area contributed by atoms with Crippen LogP contribution in [0.15, 0.2) is 18.2 Å². The van der Waals surface area contributed by atoms with E-state index in [0.717, 1.165) is 5.56 Å². The molecule has 1 aliphatic heterocycles. The Kier molecular flexibility index (Phi) is 6.86. The summed E-state index contributed by atoms with van der Waals surface area (Å²) in [5.41, 5.74) is 1.18. The molecule has 2 rings (SSSR count). The second kappa shape index (κ2) is 8.73. The summed E-state index contributed by atoms with van der Waals surface area (Å²) in [5, 5.41) is 0. The number of esters is 1. The van der Waals surface area contributed by atoms with Crippen LogP contribution in [0.25, 0.3) is 0 Å². The number of carbonyl (C=O) groups excluding carboxylic acids is 2. The van der Waals surface area contributed by atoms with E-state index in [1.54, 1.807) is 23.1 Å². The quantitative estimate of drug-likeness (QED) is 0.654. The lowest BCUT2D eigenvalue weighted by atomic mass is 10.1. The Balaban J connectivity index is 2.06. The van der Waals surface area contributed by atoms with Gasteiger partial charge in [0.2, 0.25) is 0 Å². The number of nitrogens with zero attached hydrogens (tertiary/aromatic N) is 1. The minimum atomic E-state index is -3.12. The molecule has 150 valence electrons. The molecule has 1 amide bonds. The normalized spacial score (nSPS) is 19.3. The third-order valence-electron chi connectivity index (χ3n) is 4.93. The number of hydrogen-bond donors (Lipinski definition) is 0. The van der Waals surface area contributed by atoms with Crippen LogP contribution in [0.2, 0.25) is 0 Å². The zero-order valence-electron chi connectivity index (χ0n) is 16.2. The van der Waals surface area contributed by atoms with Crippen LogP contribution in [0.3, 0.4) is 0 Å². The zero-order chi connectivity index (χ0) is 20.2. The lowest BCUT2D eigenvalue weighted by molar-refractivity contribution is -0.138. The molecule has 8 heteroatoms. The van der Waals surface area contributed by atoms with Crippen LogP contribution in [0, 0.1) is 6.92 Å². The van der Waals surface area contributed by atoms with E-state index in [0.29, 0.717) is 24.2 Å². The Morgan fingerprint density at radius 2 is 2.04 bits per heavy atom. The van der Waals surface area contributed by atoms with Crippen molar-refractivity contribution in [1.29, 1.82) is 0 Å². The highest BCUT2D eigenvalue weighted by Crippen LogP contribution is 2.22. The molecule has 1 aromatic carbocycles. The maximum atomic E-state index is 12.7. The summed E-state index contributed by atoms with van der Waals surface area (Å²) in [6.07, 6.45) is 1.10. The summed E-state index contributed by atoms with van der Waals surface area (Å²) in [5.74, 6) is -0.385. The van der Waals surface area contributed by atoms with Crippen molar-refractivity contribution in [3.05, 3.63) is 29.3 Å². The van der Waals surface area contributed by atoms with Crippen molar-refractivity contribution in [1.82, 2.24) is 4.90 Å². The first-order valence-electron chi connectivity index (χ1n) is 9.01. The van der Waals surface area contributed by atoms with Crippen molar-refractivity contribution in [3.63, 3.8) is 0 Å². The van der Waals surface area contributed by atoms with Gasteiger partial charge in [-0.15, -0.1) is 0 Å². The Bertz CT molecular complexity index is 804. The van der Waals surface area contributed by atoms with Gasteiger partial charge in [0.15, 0.2) is 16.4 Å². The van der Waals surface area contributed by atoms with Crippen molar-refractivity contribution in [3.8, 4) is 5.75 Å². The molecule has 1 saturated heterocycles. The predicted molar refractivity (Wildman–Crippen MR) is 102 cm³/mol. The number of benzene rings is 1. The van der Waals surface area contributed by atoms with E-state index in [-0.39, 0.29) is 29.5 Å². The largest absolute Gasteiger partial charge is 0.496 e. The third-order valence-corrected chi connectivity index (χ3v) is 6.68.